The van der Waals surface area contributed by atoms with Crippen LogP contribution >= 0.6 is 0 Å². The van der Waals surface area contributed by atoms with Crippen molar-refractivity contribution in [3.63, 3.8) is 0 Å². The molecule has 1 amide bonds. The third-order valence-electron chi connectivity index (χ3n) is 4.69. The molecule has 0 heterocycles. The second-order valence-electron chi connectivity index (χ2n) is 6.41. The summed E-state index contributed by atoms with van der Waals surface area (Å²) in [4.78, 5) is 12.7. The molecule has 0 aromatic heterocycles. The van der Waals surface area contributed by atoms with Gasteiger partial charge in [0.05, 0.1) is 11.4 Å². The maximum atomic E-state index is 12.5. The van der Waals surface area contributed by atoms with Gasteiger partial charge in [-0.1, -0.05) is 37.3 Å². The van der Waals surface area contributed by atoms with Gasteiger partial charge in [0, 0.05) is 26.8 Å². The van der Waals surface area contributed by atoms with E-state index in [2.05, 4.69) is 5.32 Å². The standard InChI is InChI=1S/C20H26N2O4S/c1-5-20(26-4,17-9-7-6-8-10-17)15-21-19(23)16-11-13-18(14-12-16)27(24,25)22(2)3/h6-14H,5,15H2,1-4H3,(H,21,23)/t20-/m1/s1. The van der Waals surface area contributed by atoms with Crippen molar-refractivity contribution in [2.75, 3.05) is 27.7 Å². The number of methoxy groups -OCH3 is 1. The minimum atomic E-state index is -3.52. The molecule has 0 aliphatic heterocycles. The first-order valence-electron chi connectivity index (χ1n) is 8.68. The monoisotopic (exact) mass is 390 g/mol. The Bertz CT molecular complexity index is 859. The molecule has 2 aromatic rings. The number of ether oxygens (including phenoxy) is 1. The topological polar surface area (TPSA) is 75.7 Å². The molecule has 6 nitrogen and oxygen atoms in total. The lowest BCUT2D eigenvalue weighted by Crippen LogP contribution is -2.41. The van der Waals surface area contributed by atoms with Crippen LogP contribution in [0.25, 0.3) is 0 Å². The van der Waals surface area contributed by atoms with Crippen LogP contribution in [0.5, 0.6) is 0 Å². The fourth-order valence-electron chi connectivity index (χ4n) is 2.82. The summed E-state index contributed by atoms with van der Waals surface area (Å²) in [5.74, 6) is -0.283. The van der Waals surface area contributed by atoms with E-state index in [1.54, 1.807) is 7.11 Å². The summed E-state index contributed by atoms with van der Waals surface area (Å²) in [6, 6.07) is 15.6. The van der Waals surface area contributed by atoms with Crippen molar-refractivity contribution in [3.05, 3.63) is 65.7 Å². The Balaban J connectivity index is 2.15. The lowest BCUT2D eigenvalue weighted by molar-refractivity contribution is -0.0164. The van der Waals surface area contributed by atoms with Gasteiger partial charge in [0.1, 0.15) is 5.60 Å². The highest BCUT2D eigenvalue weighted by Crippen LogP contribution is 2.28. The lowest BCUT2D eigenvalue weighted by atomic mass is 9.90. The smallest absolute Gasteiger partial charge is 0.251 e. The van der Waals surface area contributed by atoms with Gasteiger partial charge >= 0.3 is 0 Å². The van der Waals surface area contributed by atoms with E-state index in [-0.39, 0.29) is 10.8 Å². The number of benzene rings is 2. The fraction of sp³-hybridized carbons (Fsp3) is 0.350. The Labute approximate surface area is 161 Å². The summed E-state index contributed by atoms with van der Waals surface area (Å²) in [6.07, 6.45) is 0.688. The zero-order valence-electron chi connectivity index (χ0n) is 16.1. The van der Waals surface area contributed by atoms with Gasteiger partial charge in [-0.2, -0.15) is 0 Å². The second-order valence-corrected chi connectivity index (χ2v) is 8.56. The van der Waals surface area contributed by atoms with Gasteiger partial charge in [0.15, 0.2) is 0 Å². The third-order valence-corrected chi connectivity index (χ3v) is 6.52. The van der Waals surface area contributed by atoms with E-state index >= 15 is 0 Å². The average molecular weight is 391 g/mol. The van der Waals surface area contributed by atoms with Crippen molar-refractivity contribution in [1.82, 2.24) is 9.62 Å². The van der Waals surface area contributed by atoms with Crippen molar-refractivity contribution in [2.24, 2.45) is 0 Å². The van der Waals surface area contributed by atoms with Gasteiger partial charge in [-0.15, -0.1) is 0 Å². The molecule has 0 aliphatic carbocycles. The zero-order chi connectivity index (χ0) is 20.1. The van der Waals surface area contributed by atoms with E-state index in [1.807, 2.05) is 37.3 Å². The first kappa shape index (κ1) is 21.1. The minimum Gasteiger partial charge on any atom is -0.372 e. The number of amides is 1. The van der Waals surface area contributed by atoms with E-state index in [0.717, 1.165) is 9.87 Å². The molecule has 1 N–H and O–H groups in total. The molecule has 7 heteroatoms. The van der Waals surface area contributed by atoms with Gasteiger partial charge in [-0.05, 0) is 36.2 Å². The highest BCUT2D eigenvalue weighted by Gasteiger charge is 2.30. The summed E-state index contributed by atoms with van der Waals surface area (Å²) in [7, 11) is 1.05. The molecule has 0 fully saturated rings. The van der Waals surface area contributed by atoms with Crippen LogP contribution in [0.1, 0.15) is 29.3 Å². The summed E-state index contributed by atoms with van der Waals surface area (Å²) >= 11 is 0. The quantitative estimate of drug-likeness (QED) is 0.752. The predicted molar refractivity (Wildman–Crippen MR) is 105 cm³/mol. The van der Waals surface area contributed by atoms with Gasteiger partial charge in [-0.25, -0.2) is 12.7 Å². The second kappa shape index (κ2) is 8.65. The predicted octanol–water partition coefficient (Wildman–Crippen LogP) is 2.62. The molecule has 0 saturated carbocycles. The molecule has 0 saturated heterocycles. The number of nitrogens with zero attached hydrogens (tertiary/aromatic N) is 1. The number of carbonyl (C=O) groups is 1. The lowest BCUT2D eigenvalue weighted by Gasteiger charge is -2.32. The molecule has 0 radical (unpaired) electrons. The van der Waals surface area contributed by atoms with Crippen LogP contribution in [-0.4, -0.2) is 46.4 Å². The first-order valence-corrected chi connectivity index (χ1v) is 10.1. The van der Waals surface area contributed by atoms with Crippen molar-refractivity contribution < 1.29 is 17.9 Å². The van der Waals surface area contributed by atoms with Crippen LogP contribution in [0.2, 0.25) is 0 Å². The van der Waals surface area contributed by atoms with Crippen LogP contribution in [0, 0.1) is 0 Å². The van der Waals surface area contributed by atoms with Gasteiger partial charge in [0.25, 0.3) is 5.91 Å². The maximum Gasteiger partial charge on any atom is 0.251 e. The normalized spacial score (nSPS) is 14.0. The van der Waals surface area contributed by atoms with E-state index in [4.69, 9.17) is 4.74 Å². The molecule has 0 aliphatic rings. The van der Waals surface area contributed by atoms with Gasteiger partial charge < -0.3 is 10.1 Å². The fourth-order valence-corrected chi connectivity index (χ4v) is 3.72. The third kappa shape index (κ3) is 4.55. The summed E-state index contributed by atoms with van der Waals surface area (Å²) in [6.45, 7) is 2.31. The molecule has 1 atom stereocenters. The van der Waals surface area contributed by atoms with Gasteiger partial charge in [0.2, 0.25) is 10.0 Å². The van der Waals surface area contributed by atoms with Crippen LogP contribution in [-0.2, 0) is 20.4 Å². The molecule has 146 valence electrons. The number of sulfonamides is 1. The summed E-state index contributed by atoms with van der Waals surface area (Å²) in [5.41, 5.74) is 0.759. The Morgan fingerprint density at radius 1 is 1.07 bits per heavy atom. The van der Waals surface area contributed by atoms with E-state index in [1.165, 1.54) is 38.4 Å². The number of carbonyl (C=O) groups excluding carboxylic acids is 1. The largest absolute Gasteiger partial charge is 0.372 e. The van der Waals surface area contributed by atoms with E-state index in [9.17, 15) is 13.2 Å². The number of nitrogens with one attached hydrogen (secondary N) is 1. The molecular weight excluding hydrogens is 364 g/mol. The molecule has 2 aromatic carbocycles. The Kier molecular flexibility index (Phi) is 6.75. The number of hydrogen-bond donors (Lipinski definition) is 1. The first-order chi connectivity index (χ1) is 12.8. The molecule has 0 spiro atoms. The van der Waals surface area contributed by atoms with Crippen molar-refractivity contribution >= 4 is 15.9 Å². The van der Waals surface area contributed by atoms with Crippen molar-refractivity contribution in [1.29, 1.82) is 0 Å². The molecular formula is C20H26N2O4S. The van der Waals surface area contributed by atoms with E-state index < -0.39 is 15.6 Å². The summed E-state index contributed by atoms with van der Waals surface area (Å²) in [5, 5.41) is 2.90. The highest BCUT2D eigenvalue weighted by atomic mass is 32.2. The number of rotatable bonds is 8. The molecule has 0 bridgehead atoms. The Hall–Kier alpha value is -2.22. The maximum absolute atomic E-state index is 12.5. The Morgan fingerprint density at radius 2 is 1.67 bits per heavy atom. The minimum absolute atomic E-state index is 0.146. The van der Waals surface area contributed by atoms with E-state index in [0.29, 0.717) is 18.5 Å². The molecule has 0 unspecified atom stereocenters. The van der Waals surface area contributed by atoms with Crippen LogP contribution in [0.4, 0.5) is 0 Å². The number of hydrogen-bond acceptors (Lipinski definition) is 4. The highest BCUT2D eigenvalue weighted by molar-refractivity contribution is 7.89. The SMILES string of the molecule is CC[C@](CNC(=O)c1ccc(S(=O)(=O)N(C)C)cc1)(OC)c1ccccc1. The van der Waals surface area contributed by atoms with Crippen molar-refractivity contribution in [3.8, 4) is 0 Å². The summed E-state index contributed by atoms with van der Waals surface area (Å²) < 4.78 is 31.1. The van der Waals surface area contributed by atoms with Crippen LogP contribution in [0.3, 0.4) is 0 Å². The van der Waals surface area contributed by atoms with Gasteiger partial charge in [-0.3, -0.25) is 4.79 Å². The Morgan fingerprint density at radius 3 is 2.15 bits per heavy atom. The molecule has 27 heavy (non-hydrogen) atoms. The van der Waals surface area contributed by atoms with Crippen LogP contribution in [0.15, 0.2) is 59.5 Å². The average Bonchev–Trinajstić information content (AvgIpc) is 2.69. The molecule has 2 rings (SSSR count). The zero-order valence-corrected chi connectivity index (χ0v) is 16.9. The van der Waals surface area contributed by atoms with Crippen molar-refractivity contribution in [2.45, 2.75) is 23.8 Å². The van der Waals surface area contributed by atoms with Crippen LogP contribution < -0.4 is 5.32 Å².